The lowest BCUT2D eigenvalue weighted by Crippen LogP contribution is -2.42. The third-order valence-corrected chi connectivity index (χ3v) is 5.31. The van der Waals surface area contributed by atoms with Gasteiger partial charge in [0, 0.05) is 5.41 Å². The number of benzene rings is 2. The lowest BCUT2D eigenvalue weighted by Gasteiger charge is -2.45. The van der Waals surface area contributed by atoms with Crippen molar-refractivity contribution in [1.29, 1.82) is 0 Å². The van der Waals surface area contributed by atoms with Crippen molar-refractivity contribution < 1.29 is 4.74 Å². The molecule has 0 N–H and O–H groups in total. The van der Waals surface area contributed by atoms with Gasteiger partial charge >= 0.3 is 0 Å². The molecule has 0 aliphatic heterocycles. The first-order valence-corrected chi connectivity index (χ1v) is 7.66. The van der Waals surface area contributed by atoms with Crippen LogP contribution in [0.25, 0.3) is 0 Å². The van der Waals surface area contributed by atoms with Crippen LogP contribution in [-0.2, 0) is 10.8 Å². The summed E-state index contributed by atoms with van der Waals surface area (Å²) in [6, 6.07) is 19.3. The van der Waals surface area contributed by atoms with Crippen molar-refractivity contribution >= 4 is 0 Å². The largest absolute Gasteiger partial charge is 0.497 e. The summed E-state index contributed by atoms with van der Waals surface area (Å²) in [5.74, 6) is 0.912. The van der Waals surface area contributed by atoms with E-state index in [1.54, 1.807) is 7.11 Å². The highest BCUT2D eigenvalue weighted by molar-refractivity contribution is 5.39. The summed E-state index contributed by atoms with van der Waals surface area (Å²) in [4.78, 5) is 0. The Kier molecular flexibility index (Phi) is 4.41. The molecule has 0 radical (unpaired) electrons. The average Bonchev–Trinajstić information content (AvgIpc) is 2.54. The predicted molar refractivity (Wildman–Crippen MR) is 90.1 cm³/mol. The fraction of sp³-hybridized carbons (Fsp3) is 0.400. The van der Waals surface area contributed by atoms with Gasteiger partial charge in [-0.3, -0.25) is 0 Å². The van der Waals surface area contributed by atoms with Crippen molar-refractivity contribution in [3.63, 3.8) is 0 Å². The van der Waals surface area contributed by atoms with Gasteiger partial charge in [0.1, 0.15) is 5.75 Å². The predicted octanol–water partition coefficient (Wildman–Crippen LogP) is 5.34. The van der Waals surface area contributed by atoms with Gasteiger partial charge in [-0.1, -0.05) is 70.2 Å². The van der Waals surface area contributed by atoms with Gasteiger partial charge in [0.05, 0.1) is 7.11 Å². The average molecular weight is 282 g/mol. The van der Waals surface area contributed by atoms with E-state index in [4.69, 9.17) is 4.74 Å². The molecule has 21 heavy (non-hydrogen) atoms. The van der Waals surface area contributed by atoms with E-state index in [1.807, 2.05) is 0 Å². The number of hydrogen-bond donors (Lipinski definition) is 0. The Morgan fingerprint density at radius 3 is 1.86 bits per heavy atom. The highest BCUT2D eigenvalue weighted by atomic mass is 16.5. The van der Waals surface area contributed by atoms with Gasteiger partial charge in [0.15, 0.2) is 0 Å². The van der Waals surface area contributed by atoms with E-state index >= 15 is 0 Å². The van der Waals surface area contributed by atoms with E-state index in [0.29, 0.717) is 0 Å². The van der Waals surface area contributed by atoms with Gasteiger partial charge in [-0.15, -0.1) is 0 Å². The van der Waals surface area contributed by atoms with Crippen molar-refractivity contribution in [2.75, 3.05) is 7.11 Å². The monoisotopic (exact) mass is 282 g/mol. The van der Waals surface area contributed by atoms with E-state index in [-0.39, 0.29) is 10.8 Å². The van der Waals surface area contributed by atoms with Crippen molar-refractivity contribution in [2.45, 2.75) is 44.9 Å². The smallest absolute Gasteiger partial charge is 0.118 e. The standard InChI is InChI=1S/C20H26O/c1-6-20(4,17-12-14-18(21-5)15-13-17)19(2,3)16-10-8-7-9-11-16/h7-15H,6H2,1-5H3. The molecule has 1 nitrogen and oxygen atoms in total. The van der Waals surface area contributed by atoms with Crippen LogP contribution in [0.4, 0.5) is 0 Å². The first kappa shape index (κ1) is 15.6. The minimum absolute atomic E-state index is 0.0532. The molecule has 1 heteroatoms. The third-order valence-electron chi connectivity index (χ3n) is 5.31. The normalized spacial score (nSPS) is 14.5. The third kappa shape index (κ3) is 2.70. The molecule has 1 atom stereocenters. The lowest BCUT2D eigenvalue weighted by atomic mass is 9.58. The molecule has 0 spiro atoms. The first-order chi connectivity index (χ1) is 9.95. The molecule has 2 rings (SSSR count). The molecular formula is C20H26O. The van der Waals surface area contributed by atoms with E-state index in [0.717, 1.165) is 12.2 Å². The van der Waals surface area contributed by atoms with E-state index in [2.05, 4.69) is 82.3 Å². The van der Waals surface area contributed by atoms with Crippen LogP contribution >= 0.6 is 0 Å². The fourth-order valence-electron chi connectivity index (χ4n) is 3.14. The number of hydrogen-bond acceptors (Lipinski definition) is 1. The minimum Gasteiger partial charge on any atom is -0.497 e. The molecule has 0 heterocycles. The van der Waals surface area contributed by atoms with Gasteiger partial charge in [-0.25, -0.2) is 0 Å². The van der Waals surface area contributed by atoms with Crippen molar-refractivity contribution in [3.05, 3.63) is 65.7 Å². The Morgan fingerprint density at radius 1 is 0.810 bits per heavy atom. The second-order valence-corrected chi connectivity index (χ2v) is 6.41. The van der Waals surface area contributed by atoms with Gasteiger partial charge in [-0.2, -0.15) is 0 Å². The van der Waals surface area contributed by atoms with Gasteiger partial charge in [0.2, 0.25) is 0 Å². The van der Waals surface area contributed by atoms with Crippen LogP contribution in [0, 0.1) is 0 Å². The molecule has 0 saturated carbocycles. The summed E-state index contributed by atoms with van der Waals surface area (Å²) in [6.45, 7) is 9.32. The van der Waals surface area contributed by atoms with Crippen LogP contribution in [0.3, 0.4) is 0 Å². The Hall–Kier alpha value is -1.76. The van der Waals surface area contributed by atoms with E-state index < -0.39 is 0 Å². The van der Waals surface area contributed by atoms with Gasteiger partial charge < -0.3 is 4.74 Å². The summed E-state index contributed by atoms with van der Waals surface area (Å²) in [6.07, 6.45) is 1.08. The van der Waals surface area contributed by atoms with Crippen LogP contribution in [0.2, 0.25) is 0 Å². The molecule has 2 aromatic rings. The second kappa shape index (κ2) is 5.93. The Balaban J connectivity index is 2.48. The van der Waals surface area contributed by atoms with Gasteiger partial charge in [0.25, 0.3) is 0 Å². The van der Waals surface area contributed by atoms with Crippen LogP contribution in [0.5, 0.6) is 5.75 Å². The summed E-state index contributed by atoms with van der Waals surface area (Å²) in [5, 5.41) is 0. The highest BCUT2D eigenvalue weighted by Crippen LogP contribution is 2.46. The zero-order chi connectivity index (χ0) is 15.5. The zero-order valence-electron chi connectivity index (χ0n) is 13.8. The lowest BCUT2D eigenvalue weighted by molar-refractivity contribution is 0.266. The minimum atomic E-state index is 0.0532. The molecular weight excluding hydrogens is 256 g/mol. The molecule has 2 aromatic carbocycles. The summed E-state index contributed by atoms with van der Waals surface area (Å²) in [5.41, 5.74) is 2.86. The summed E-state index contributed by atoms with van der Waals surface area (Å²) in [7, 11) is 1.71. The van der Waals surface area contributed by atoms with Crippen LogP contribution in [0.1, 0.15) is 45.2 Å². The molecule has 0 bridgehead atoms. The number of rotatable bonds is 5. The quantitative estimate of drug-likeness (QED) is 0.719. The van der Waals surface area contributed by atoms with Crippen LogP contribution in [0.15, 0.2) is 54.6 Å². The van der Waals surface area contributed by atoms with Crippen molar-refractivity contribution in [2.24, 2.45) is 0 Å². The number of ether oxygens (including phenoxy) is 1. The van der Waals surface area contributed by atoms with Crippen LogP contribution in [-0.4, -0.2) is 7.11 Å². The SMILES string of the molecule is CCC(C)(c1ccc(OC)cc1)C(C)(C)c1ccccc1. The molecule has 0 amide bonds. The molecule has 0 aliphatic rings. The molecule has 0 fully saturated rings. The van der Waals surface area contributed by atoms with Crippen LogP contribution < -0.4 is 4.74 Å². The maximum absolute atomic E-state index is 5.29. The fourth-order valence-corrected chi connectivity index (χ4v) is 3.14. The first-order valence-electron chi connectivity index (χ1n) is 7.66. The molecule has 0 aromatic heterocycles. The van der Waals surface area contributed by atoms with Crippen molar-refractivity contribution in [1.82, 2.24) is 0 Å². The second-order valence-electron chi connectivity index (χ2n) is 6.41. The Labute approximate surface area is 129 Å². The summed E-state index contributed by atoms with van der Waals surface area (Å²) < 4.78 is 5.29. The Morgan fingerprint density at radius 2 is 1.38 bits per heavy atom. The number of methoxy groups -OCH3 is 1. The van der Waals surface area contributed by atoms with Gasteiger partial charge in [-0.05, 0) is 35.1 Å². The van der Waals surface area contributed by atoms with E-state index in [1.165, 1.54) is 11.1 Å². The van der Waals surface area contributed by atoms with Crippen molar-refractivity contribution in [3.8, 4) is 5.75 Å². The Bertz CT molecular complexity index is 569. The zero-order valence-corrected chi connectivity index (χ0v) is 13.8. The molecule has 0 saturated heterocycles. The summed E-state index contributed by atoms with van der Waals surface area (Å²) >= 11 is 0. The molecule has 112 valence electrons. The molecule has 1 unspecified atom stereocenters. The highest BCUT2D eigenvalue weighted by Gasteiger charge is 2.41. The molecule has 0 aliphatic carbocycles. The van der Waals surface area contributed by atoms with E-state index in [9.17, 15) is 0 Å². The maximum Gasteiger partial charge on any atom is 0.118 e. The topological polar surface area (TPSA) is 9.23 Å². The maximum atomic E-state index is 5.29.